The molecule has 0 aliphatic heterocycles. The van der Waals surface area contributed by atoms with Crippen molar-refractivity contribution in [2.45, 2.75) is 31.3 Å². The zero-order valence-corrected chi connectivity index (χ0v) is 20.8. The molecule has 0 saturated carbocycles. The number of carbonyl (C=O) groups excluding carboxylic acids is 3. The van der Waals surface area contributed by atoms with E-state index < -0.39 is 23.9 Å². The second kappa shape index (κ2) is 14.6. The summed E-state index contributed by atoms with van der Waals surface area (Å²) in [6.07, 6.45) is 3.22. The summed E-state index contributed by atoms with van der Waals surface area (Å²) in [6, 6.07) is 7.36. The van der Waals surface area contributed by atoms with Gasteiger partial charge in [-0.3, -0.25) is 19.4 Å². The minimum atomic E-state index is -1.17. The van der Waals surface area contributed by atoms with Crippen molar-refractivity contribution in [2.75, 3.05) is 31.5 Å². The molecule has 2 rings (SSSR count). The largest absolute Gasteiger partial charge is 0.343 e. The second-order valence-electron chi connectivity index (χ2n) is 7.82. The van der Waals surface area contributed by atoms with Crippen molar-refractivity contribution >= 4 is 46.6 Å². The smallest absolute Gasteiger partial charge is 0.247 e. The third-order valence-electron chi connectivity index (χ3n) is 5.18. The van der Waals surface area contributed by atoms with E-state index in [4.69, 9.17) is 40.4 Å². The third-order valence-corrected chi connectivity index (χ3v) is 5.75. The van der Waals surface area contributed by atoms with Crippen molar-refractivity contribution < 1.29 is 14.4 Å². The fourth-order valence-electron chi connectivity index (χ4n) is 3.33. The summed E-state index contributed by atoms with van der Waals surface area (Å²) in [5.74, 6) is -1.51. The maximum atomic E-state index is 13.1. The van der Waals surface area contributed by atoms with Crippen LogP contribution in [0, 0.1) is 0 Å². The Kier molecular flexibility index (Phi) is 11.9. The number of nitrogens with two attached hydrogens (primary N) is 3. The summed E-state index contributed by atoms with van der Waals surface area (Å²) >= 11 is 12.2. The fraction of sp³-hybridized carbons (Fsp3) is 0.391. The maximum Gasteiger partial charge on any atom is 0.247 e. The van der Waals surface area contributed by atoms with Crippen LogP contribution in [0.2, 0.25) is 10.0 Å². The predicted octanol–water partition coefficient (Wildman–Crippen LogP) is 0.908. The molecule has 8 N–H and O–H groups in total. The molecule has 0 fully saturated rings. The molecule has 0 aliphatic carbocycles. The number of rotatable bonds is 13. The van der Waals surface area contributed by atoms with Crippen molar-refractivity contribution in [1.29, 1.82) is 0 Å². The average molecular weight is 524 g/mol. The van der Waals surface area contributed by atoms with Gasteiger partial charge in [-0.05, 0) is 18.4 Å². The summed E-state index contributed by atoms with van der Waals surface area (Å²) in [5.41, 5.74) is 18.3. The molecule has 2 aromatic rings. The Morgan fingerprint density at radius 3 is 2.14 bits per heavy atom. The topological polar surface area (TPSA) is 169 Å². The van der Waals surface area contributed by atoms with Crippen LogP contribution in [0.1, 0.15) is 18.4 Å². The molecule has 12 heteroatoms. The minimum absolute atomic E-state index is 0.154. The Hall–Kier alpha value is -2.76. The molecule has 0 spiro atoms. The number of hydrogen-bond acceptors (Lipinski definition) is 7. The van der Waals surface area contributed by atoms with Gasteiger partial charge in [0.25, 0.3) is 0 Å². The number of hydrogen-bond donors (Lipinski definition) is 5. The lowest BCUT2D eigenvalue weighted by Crippen LogP contribution is -2.52. The molecule has 190 valence electrons. The van der Waals surface area contributed by atoms with Crippen LogP contribution in [0.3, 0.4) is 0 Å². The minimum Gasteiger partial charge on any atom is -0.343 e. The lowest BCUT2D eigenvalue weighted by Gasteiger charge is -2.24. The summed E-state index contributed by atoms with van der Waals surface area (Å²) in [4.78, 5) is 43.8. The van der Waals surface area contributed by atoms with E-state index in [9.17, 15) is 14.4 Å². The molecule has 35 heavy (non-hydrogen) atoms. The van der Waals surface area contributed by atoms with Gasteiger partial charge >= 0.3 is 0 Å². The molecule has 2 atom stereocenters. The van der Waals surface area contributed by atoms with Crippen molar-refractivity contribution in [3.05, 3.63) is 58.3 Å². The zero-order valence-electron chi connectivity index (χ0n) is 19.3. The van der Waals surface area contributed by atoms with Gasteiger partial charge in [-0.2, -0.15) is 0 Å². The quantitative estimate of drug-likeness (QED) is 0.259. The average Bonchev–Trinajstić information content (AvgIpc) is 2.84. The lowest BCUT2D eigenvalue weighted by molar-refractivity contribution is -0.134. The van der Waals surface area contributed by atoms with E-state index in [1.54, 1.807) is 0 Å². The van der Waals surface area contributed by atoms with Crippen LogP contribution >= 0.6 is 23.2 Å². The van der Waals surface area contributed by atoms with Gasteiger partial charge in [-0.15, -0.1) is 0 Å². The van der Waals surface area contributed by atoms with E-state index in [1.165, 1.54) is 17.3 Å². The molecule has 0 bridgehead atoms. The van der Waals surface area contributed by atoms with Crippen LogP contribution in [-0.2, 0) is 20.8 Å². The van der Waals surface area contributed by atoms with Crippen molar-refractivity contribution in [2.24, 2.45) is 17.2 Å². The number of pyridine rings is 1. The molecule has 1 heterocycles. The summed E-state index contributed by atoms with van der Waals surface area (Å²) in [5, 5.41) is 5.61. The van der Waals surface area contributed by atoms with Crippen LogP contribution < -0.4 is 27.8 Å². The molecular weight excluding hydrogens is 493 g/mol. The number of amides is 3. The summed E-state index contributed by atoms with van der Waals surface area (Å²) in [6.45, 7) is 1.13. The number of aromatic nitrogens is 1. The van der Waals surface area contributed by atoms with E-state index in [2.05, 4.69) is 15.6 Å². The number of aryl methyl sites for hydroxylation is 1. The highest BCUT2D eigenvalue weighted by Crippen LogP contribution is 2.28. The van der Waals surface area contributed by atoms with Crippen molar-refractivity contribution in [3.8, 4) is 0 Å². The highest BCUT2D eigenvalue weighted by Gasteiger charge is 2.27. The highest BCUT2D eigenvalue weighted by atomic mass is 35.5. The van der Waals surface area contributed by atoms with Crippen LogP contribution in [0.25, 0.3) is 0 Å². The van der Waals surface area contributed by atoms with Gasteiger partial charge in [0.1, 0.15) is 6.04 Å². The third kappa shape index (κ3) is 9.08. The number of carbonyl (C=O) groups is 3. The molecule has 0 aliphatic rings. The van der Waals surface area contributed by atoms with Crippen LogP contribution in [-0.4, -0.2) is 65.9 Å². The standard InChI is InChI=1S/C23H31Cl2N7O3/c24-16-13-29-14-17(25)21(16)31-23(35)19(7-6-15-4-2-1-3-5-15)30-22(34)18(28)12-20(33)32(10-8-26)11-9-27/h1-5,13-14,18-19H,6-12,26-28H2,(H,30,34)(H,29,31,35). The van der Waals surface area contributed by atoms with E-state index >= 15 is 0 Å². The molecule has 0 radical (unpaired) electrons. The van der Waals surface area contributed by atoms with Gasteiger partial charge in [0.2, 0.25) is 17.7 Å². The second-order valence-corrected chi connectivity index (χ2v) is 8.64. The van der Waals surface area contributed by atoms with Crippen molar-refractivity contribution in [1.82, 2.24) is 15.2 Å². The Morgan fingerprint density at radius 2 is 1.57 bits per heavy atom. The summed E-state index contributed by atoms with van der Waals surface area (Å²) < 4.78 is 0. The van der Waals surface area contributed by atoms with Crippen LogP contribution in [0.4, 0.5) is 5.69 Å². The van der Waals surface area contributed by atoms with E-state index in [1.807, 2.05) is 30.3 Å². The Bertz CT molecular complexity index is 968. The van der Waals surface area contributed by atoms with E-state index in [-0.39, 0.29) is 47.6 Å². The van der Waals surface area contributed by atoms with Gasteiger partial charge in [0.05, 0.1) is 28.2 Å². The molecular formula is C23H31Cl2N7O3. The monoisotopic (exact) mass is 523 g/mol. The van der Waals surface area contributed by atoms with E-state index in [0.29, 0.717) is 19.5 Å². The predicted molar refractivity (Wildman–Crippen MR) is 137 cm³/mol. The number of nitrogens with zero attached hydrogens (tertiary/aromatic N) is 2. The zero-order chi connectivity index (χ0) is 25.8. The van der Waals surface area contributed by atoms with Gasteiger partial charge in [-0.25, -0.2) is 0 Å². The first-order valence-corrected chi connectivity index (χ1v) is 11.9. The maximum absolute atomic E-state index is 13.1. The lowest BCUT2D eigenvalue weighted by atomic mass is 10.0. The summed E-state index contributed by atoms with van der Waals surface area (Å²) in [7, 11) is 0. The number of anilines is 1. The van der Waals surface area contributed by atoms with Gasteiger partial charge in [0, 0.05) is 38.6 Å². The fourth-order valence-corrected chi connectivity index (χ4v) is 3.79. The van der Waals surface area contributed by atoms with Gasteiger partial charge in [0.15, 0.2) is 0 Å². The molecule has 10 nitrogen and oxygen atoms in total. The number of benzene rings is 1. The molecule has 3 amide bonds. The Labute approximate surface area is 214 Å². The molecule has 2 unspecified atom stereocenters. The van der Waals surface area contributed by atoms with Gasteiger partial charge in [-0.1, -0.05) is 53.5 Å². The highest BCUT2D eigenvalue weighted by molar-refractivity contribution is 6.39. The number of halogens is 2. The first kappa shape index (κ1) is 28.5. The van der Waals surface area contributed by atoms with Crippen LogP contribution in [0.15, 0.2) is 42.7 Å². The first-order valence-electron chi connectivity index (χ1n) is 11.1. The SMILES string of the molecule is NCCN(CCN)C(=O)CC(N)C(=O)NC(CCc1ccccc1)C(=O)Nc1c(Cl)cncc1Cl. The van der Waals surface area contributed by atoms with E-state index in [0.717, 1.165) is 5.56 Å². The Balaban J connectivity index is 2.12. The molecule has 1 aromatic heterocycles. The normalized spacial score (nSPS) is 12.5. The van der Waals surface area contributed by atoms with Crippen molar-refractivity contribution in [3.63, 3.8) is 0 Å². The first-order chi connectivity index (χ1) is 16.8. The Morgan fingerprint density at radius 1 is 0.971 bits per heavy atom. The van der Waals surface area contributed by atoms with Crippen LogP contribution in [0.5, 0.6) is 0 Å². The van der Waals surface area contributed by atoms with Gasteiger partial charge < -0.3 is 32.7 Å². The number of nitrogens with one attached hydrogen (secondary N) is 2. The molecule has 0 saturated heterocycles. The molecule has 1 aromatic carbocycles.